The number of nitrogens with one attached hydrogen (secondary N) is 2. The topological polar surface area (TPSA) is 74.8 Å². The van der Waals surface area contributed by atoms with Crippen LogP contribution in [-0.4, -0.2) is 21.5 Å². The number of anilines is 1. The Hall–Kier alpha value is -2.41. The number of H-pyrrole nitrogens is 1. The summed E-state index contributed by atoms with van der Waals surface area (Å²) in [6.45, 7) is 5.99. The molecule has 5 nitrogen and oxygen atoms in total. The monoisotopic (exact) mass is 399 g/mol. The van der Waals surface area contributed by atoms with E-state index in [0.29, 0.717) is 28.5 Å². The normalized spacial score (nSPS) is 22.7. The van der Waals surface area contributed by atoms with E-state index in [0.717, 1.165) is 11.4 Å². The Bertz CT molecular complexity index is 1040. The van der Waals surface area contributed by atoms with Gasteiger partial charge in [-0.05, 0) is 28.9 Å². The maximum Gasteiger partial charge on any atom is 0.257 e. The number of allylic oxidation sites excluding steroid dienone is 2. The summed E-state index contributed by atoms with van der Waals surface area (Å²) in [5, 5.41) is 3.77. The van der Waals surface area contributed by atoms with Crippen molar-refractivity contribution in [1.29, 1.82) is 0 Å². The van der Waals surface area contributed by atoms with Crippen LogP contribution in [0.5, 0.6) is 0 Å². The number of nitrogens with zero attached hydrogens (tertiary/aromatic N) is 1. The third kappa shape index (κ3) is 3.28. The number of rotatable bonds is 3. The Labute approximate surface area is 166 Å². The van der Waals surface area contributed by atoms with E-state index in [4.69, 9.17) is 0 Å². The van der Waals surface area contributed by atoms with Crippen molar-refractivity contribution in [2.24, 2.45) is 11.3 Å². The number of hydrogen-bond donors (Lipinski definition) is 2. The Balaban J connectivity index is 1.97. The average molecular weight is 399 g/mol. The highest BCUT2D eigenvalue weighted by Crippen LogP contribution is 2.47. The standard InChI is InChI=1S/C21H22FN3O2S/c1-4-28-20-24-18-17(19(27)25-20)15(11-6-5-7-12(22)8-11)16-13(23-18)9-21(2,3)10-14(16)26/h5-9,15-16H,4,10H2,1-3H3,(H2,23,24,25,27). The highest BCUT2D eigenvalue weighted by molar-refractivity contribution is 7.99. The summed E-state index contributed by atoms with van der Waals surface area (Å²) < 4.78 is 14.0. The van der Waals surface area contributed by atoms with E-state index in [1.54, 1.807) is 12.1 Å². The van der Waals surface area contributed by atoms with E-state index in [-0.39, 0.29) is 16.8 Å². The molecule has 0 saturated carbocycles. The first-order valence-corrected chi connectivity index (χ1v) is 10.3. The molecule has 2 N–H and O–H groups in total. The van der Waals surface area contributed by atoms with Crippen LogP contribution in [0.4, 0.5) is 10.2 Å². The van der Waals surface area contributed by atoms with Crippen LogP contribution in [0.2, 0.25) is 0 Å². The molecule has 1 aliphatic carbocycles. The van der Waals surface area contributed by atoms with Crippen molar-refractivity contribution in [3.05, 3.63) is 63.3 Å². The van der Waals surface area contributed by atoms with E-state index < -0.39 is 17.7 Å². The van der Waals surface area contributed by atoms with E-state index >= 15 is 0 Å². The predicted octanol–water partition coefficient (Wildman–Crippen LogP) is 4.08. The first-order chi connectivity index (χ1) is 13.3. The van der Waals surface area contributed by atoms with Crippen LogP contribution in [0.15, 0.2) is 46.0 Å². The molecule has 2 aliphatic rings. The molecule has 0 amide bonds. The quantitative estimate of drug-likeness (QED) is 0.601. The van der Waals surface area contributed by atoms with Crippen LogP contribution in [0.25, 0.3) is 0 Å². The zero-order valence-electron chi connectivity index (χ0n) is 16.0. The molecule has 4 rings (SSSR count). The summed E-state index contributed by atoms with van der Waals surface area (Å²) in [4.78, 5) is 33.4. The van der Waals surface area contributed by atoms with Gasteiger partial charge >= 0.3 is 0 Å². The lowest BCUT2D eigenvalue weighted by atomic mass is 9.67. The van der Waals surface area contributed by atoms with Gasteiger partial charge in [-0.1, -0.05) is 50.7 Å². The van der Waals surface area contributed by atoms with Crippen LogP contribution in [0.1, 0.15) is 44.2 Å². The third-order valence-electron chi connectivity index (χ3n) is 5.19. The zero-order valence-corrected chi connectivity index (χ0v) is 16.8. The molecule has 1 aliphatic heterocycles. The smallest absolute Gasteiger partial charge is 0.257 e. The van der Waals surface area contributed by atoms with Crippen LogP contribution in [0, 0.1) is 17.2 Å². The summed E-state index contributed by atoms with van der Waals surface area (Å²) >= 11 is 1.44. The first-order valence-electron chi connectivity index (χ1n) is 9.34. The van der Waals surface area contributed by atoms with Gasteiger partial charge in [0.15, 0.2) is 5.16 Å². The lowest BCUT2D eigenvalue weighted by molar-refractivity contribution is -0.124. The number of hydrogen-bond acceptors (Lipinski definition) is 5. The van der Waals surface area contributed by atoms with Crippen molar-refractivity contribution in [2.75, 3.05) is 11.1 Å². The van der Waals surface area contributed by atoms with Crippen molar-refractivity contribution in [3.63, 3.8) is 0 Å². The van der Waals surface area contributed by atoms with Crippen molar-refractivity contribution in [2.45, 2.75) is 38.3 Å². The van der Waals surface area contributed by atoms with Gasteiger partial charge in [-0.2, -0.15) is 0 Å². The minimum absolute atomic E-state index is 0.0429. The van der Waals surface area contributed by atoms with Crippen molar-refractivity contribution < 1.29 is 9.18 Å². The fourth-order valence-electron chi connectivity index (χ4n) is 4.19. The Kier molecular flexibility index (Phi) is 4.65. The van der Waals surface area contributed by atoms with Gasteiger partial charge in [0.1, 0.15) is 17.4 Å². The molecule has 2 atom stereocenters. The molecule has 28 heavy (non-hydrogen) atoms. The second kappa shape index (κ2) is 6.88. The van der Waals surface area contributed by atoms with E-state index in [1.807, 2.05) is 26.8 Å². The number of aromatic amines is 1. The fraction of sp³-hybridized carbons (Fsp3) is 0.381. The molecule has 0 fully saturated rings. The molecular weight excluding hydrogens is 377 g/mol. The molecule has 2 heterocycles. The Morgan fingerprint density at radius 2 is 2.07 bits per heavy atom. The number of Topliss-reactive ketones (excluding diaryl/α,β-unsaturated/α-hetero) is 1. The molecule has 0 spiro atoms. The van der Waals surface area contributed by atoms with E-state index in [2.05, 4.69) is 15.3 Å². The van der Waals surface area contributed by atoms with Crippen LogP contribution < -0.4 is 10.9 Å². The lowest BCUT2D eigenvalue weighted by Crippen LogP contribution is -2.41. The molecule has 7 heteroatoms. The van der Waals surface area contributed by atoms with Crippen LogP contribution in [0.3, 0.4) is 0 Å². The molecule has 0 saturated heterocycles. The predicted molar refractivity (Wildman–Crippen MR) is 108 cm³/mol. The SMILES string of the molecule is CCSc1nc2c(c(=O)[nH]1)C(c1cccc(F)c1)C1C(=O)CC(C)(C)C=C1N2. The maximum absolute atomic E-state index is 14.0. The number of ketones is 1. The Morgan fingerprint density at radius 1 is 1.29 bits per heavy atom. The fourth-order valence-corrected chi connectivity index (χ4v) is 4.78. The van der Waals surface area contributed by atoms with Crippen LogP contribution >= 0.6 is 11.8 Å². The van der Waals surface area contributed by atoms with E-state index in [9.17, 15) is 14.0 Å². The third-order valence-corrected chi connectivity index (χ3v) is 5.94. The second-order valence-electron chi connectivity index (χ2n) is 7.93. The minimum atomic E-state index is -0.571. The summed E-state index contributed by atoms with van der Waals surface area (Å²) in [6, 6.07) is 6.13. The van der Waals surface area contributed by atoms with Gasteiger partial charge < -0.3 is 10.3 Å². The molecule has 2 unspecified atom stereocenters. The largest absolute Gasteiger partial charge is 0.343 e. The summed E-state index contributed by atoms with van der Waals surface area (Å²) in [6.07, 6.45) is 2.42. The van der Waals surface area contributed by atoms with Gasteiger partial charge in [0, 0.05) is 18.0 Å². The number of thioether (sulfide) groups is 1. The molecule has 0 bridgehead atoms. The number of carbonyl (C=O) groups is 1. The number of carbonyl (C=O) groups excluding carboxylic acids is 1. The van der Waals surface area contributed by atoms with Gasteiger partial charge in [0.25, 0.3) is 5.56 Å². The zero-order chi connectivity index (χ0) is 20.1. The van der Waals surface area contributed by atoms with Crippen LogP contribution in [-0.2, 0) is 4.79 Å². The minimum Gasteiger partial charge on any atom is -0.343 e. The lowest BCUT2D eigenvalue weighted by Gasteiger charge is -2.40. The molecule has 1 aromatic heterocycles. The number of halogens is 1. The van der Waals surface area contributed by atoms with Crippen molar-refractivity contribution in [1.82, 2.24) is 9.97 Å². The number of fused-ring (bicyclic) bond motifs is 2. The molecule has 0 radical (unpaired) electrons. The van der Waals surface area contributed by atoms with Gasteiger partial charge in [0.2, 0.25) is 0 Å². The highest BCUT2D eigenvalue weighted by Gasteiger charge is 2.45. The molecule has 2 aromatic rings. The molecule has 1 aromatic carbocycles. The average Bonchev–Trinajstić information content (AvgIpc) is 2.59. The van der Waals surface area contributed by atoms with Gasteiger partial charge in [-0.15, -0.1) is 0 Å². The van der Waals surface area contributed by atoms with Gasteiger partial charge in [-0.25, -0.2) is 9.37 Å². The highest BCUT2D eigenvalue weighted by atomic mass is 32.2. The molecule has 146 valence electrons. The summed E-state index contributed by atoms with van der Waals surface area (Å²) in [5.74, 6) is -0.252. The first kappa shape index (κ1) is 18.9. The molecular formula is C21H22FN3O2S. The number of aromatic nitrogens is 2. The summed E-state index contributed by atoms with van der Waals surface area (Å²) in [5.41, 5.74) is 1.16. The van der Waals surface area contributed by atoms with Crippen molar-refractivity contribution in [3.8, 4) is 0 Å². The van der Waals surface area contributed by atoms with Gasteiger partial charge in [-0.3, -0.25) is 9.59 Å². The Morgan fingerprint density at radius 3 is 2.79 bits per heavy atom. The maximum atomic E-state index is 14.0. The van der Waals surface area contributed by atoms with Crippen molar-refractivity contribution >= 4 is 23.4 Å². The number of benzene rings is 1. The van der Waals surface area contributed by atoms with E-state index in [1.165, 1.54) is 23.9 Å². The van der Waals surface area contributed by atoms with Gasteiger partial charge in [0.05, 0.1) is 11.5 Å². The second-order valence-corrected chi connectivity index (χ2v) is 9.19. The summed E-state index contributed by atoms with van der Waals surface area (Å²) in [7, 11) is 0.